The van der Waals surface area contributed by atoms with Gasteiger partial charge in [0.2, 0.25) is 0 Å². The molecule has 2 saturated carbocycles. The Kier molecular flexibility index (Phi) is 2.39. The summed E-state index contributed by atoms with van der Waals surface area (Å²) in [6.45, 7) is 0. The fourth-order valence-corrected chi connectivity index (χ4v) is 2.85. The lowest BCUT2D eigenvalue weighted by Gasteiger charge is -2.07. The molecule has 0 saturated heterocycles. The van der Waals surface area contributed by atoms with E-state index in [1.165, 1.54) is 31.5 Å². The average molecular weight is 274 g/mol. The van der Waals surface area contributed by atoms with Gasteiger partial charge >= 0.3 is 0 Å². The van der Waals surface area contributed by atoms with Gasteiger partial charge in [0.05, 0.1) is 0 Å². The van der Waals surface area contributed by atoms with Crippen LogP contribution in [0.1, 0.15) is 43.5 Å². The lowest BCUT2D eigenvalue weighted by atomic mass is 10.1. The summed E-state index contributed by atoms with van der Waals surface area (Å²) >= 11 is 6.07. The van der Waals surface area contributed by atoms with Gasteiger partial charge in [0.25, 0.3) is 0 Å². The van der Waals surface area contributed by atoms with Crippen LogP contribution in [0.15, 0.2) is 24.3 Å². The molecule has 1 aromatic heterocycles. The molecule has 0 unspecified atom stereocenters. The summed E-state index contributed by atoms with van der Waals surface area (Å²) in [5.74, 6) is 2.62. The molecule has 0 radical (unpaired) electrons. The molecule has 2 aromatic rings. The zero-order valence-electron chi connectivity index (χ0n) is 10.6. The zero-order chi connectivity index (χ0) is 13.0. The van der Waals surface area contributed by atoms with Crippen molar-refractivity contribution in [1.29, 1.82) is 0 Å². The van der Waals surface area contributed by atoms with Crippen molar-refractivity contribution < 1.29 is 0 Å². The predicted octanol–water partition coefficient (Wildman–Crippen LogP) is 4.00. The highest BCUT2D eigenvalue weighted by molar-refractivity contribution is 6.30. The third kappa shape index (κ3) is 1.93. The number of anilines is 1. The molecule has 2 fully saturated rings. The topological polar surface area (TPSA) is 43.8 Å². The Morgan fingerprint density at radius 2 is 2.00 bits per heavy atom. The fraction of sp³-hybridized carbons (Fsp3) is 0.400. The maximum atomic E-state index is 6.35. The van der Waals surface area contributed by atoms with E-state index < -0.39 is 0 Å². The molecule has 19 heavy (non-hydrogen) atoms. The van der Waals surface area contributed by atoms with Gasteiger partial charge in [-0.1, -0.05) is 23.7 Å². The van der Waals surface area contributed by atoms with Crippen LogP contribution in [0.3, 0.4) is 0 Å². The Morgan fingerprint density at radius 1 is 1.21 bits per heavy atom. The predicted molar refractivity (Wildman–Crippen MR) is 77.3 cm³/mol. The molecule has 1 aromatic carbocycles. The van der Waals surface area contributed by atoms with E-state index in [0.717, 1.165) is 22.1 Å². The quantitative estimate of drug-likeness (QED) is 0.919. The maximum absolute atomic E-state index is 6.35. The van der Waals surface area contributed by atoms with Crippen LogP contribution in [-0.4, -0.2) is 9.55 Å². The number of hydrogen-bond donors (Lipinski definition) is 1. The van der Waals surface area contributed by atoms with Gasteiger partial charge < -0.3 is 10.3 Å². The van der Waals surface area contributed by atoms with Gasteiger partial charge in [0.15, 0.2) is 0 Å². The summed E-state index contributed by atoms with van der Waals surface area (Å²) in [4.78, 5) is 4.82. The second-order valence-electron chi connectivity index (χ2n) is 5.59. The van der Waals surface area contributed by atoms with Gasteiger partial charge in [-0.15, -0.1) is 0 Å². The summed E-state index contributed by atoms with van der Waals surface area (Å²) in [7, 11) is 0. The van der Waals surface area contributed by atoms with Crippen molar-refractivity contribution in [3.8, 4) is 11.3 Å². The van der Waals surface area contributed by atoms with Gasteiger partial charge in [0, 0.05) is 22.5 Å². The number of rotatable bonds is 3. The van der Waals surface area contributed by atoms with Crippen LogP contribution in [0.25, 0.3) is 11.3 Å². The first-order valence-corrected chi connectivity index (χ1v) is 7.25. The molecule has 2 aliphatic carbocycles. The number of nitrogens with zero attached hydrogens (tertiary/aromatic N) is 2. The normalized spacial score (nSPS) is 18.8. The minimum atomic E-state index is 0.580. The molecule has 4 heteroatoms. The lowest BCUT2D eigenvalue weighted by Crippen LogP contribution is -2.04. The second kappa shape index (κ2) is 4.01. The number of benzene rings is 1. The van der Waals surface area contributed by atoms with E-state index >= 15 is 0 Å². The number of hydrogen-bond acceptors (Lipinski definition) is 2. The molecule has 2 N–H and O–H groups in total. The van der Waals surface area contributed by atoms with Gasteiger partial charge in [-0.05, 0) is 37.8 Å². The van der Waals surface area contributed by atoms with Crippen LogP contribution >= 0.6 is 11.6 Å². The summed E-state index contributed by atoms with van der Waals surface area (Å²) in [5, 5.41) is 0.728. The van der Waals surface area contributed by atoms with Crippen molar-refractivity contribution in [2.45, 2.75) is 37.6 Å². The molecular formula is C15H16ClN3. The third-order valence-corrected chi connectivity index (χ3v) is 4.16. The smallest absolute Gasteiger partial charge is 0.132 e. The third-order valence-electron chi connectivity index (χ3n) is 3.93. The maximum Gasteiger partial charge on any atom is 0.132 e. The Labute approximate surface area is 117 Å². The van der Waals surface area contributed by atoms with E-state index in [0.29, 0.717) is 12.0 Å². The van der Waals surface area contributed by atoms with Crippen LogP contribution in [0.4, 0.5) is 5.82 Å². The minimum absolute atomic E-state index is 0.580. The molecule has 98 valence electrons. The standard InChI is InChI=1S/C15H16ClN3/c16-11-3-1-2-10(8-11)13-14(17)19(12-6-7-12)15(18-13)9-4-5-9/h1-3,8-9,12H,4-7,17H2. The van der Waals surface area contributed by atoms with Gasteiger partial charge in [0.1, 0.15) is 17.3 Å². The van der Waals surface area contributed by atoms with Gasteiger partial charge in [-0.2, -0.15) is 0 Å². The largest absolute Gasteiger partial charge is 0.383 e. The number of imidazole rings is 1. The van der Waals surface area contributed by atoms with Crippen LogP contribution in [-0.2, 0) is 0 Å². The summed E-state index contributed by atoms with van der Waals surface area (Å²) in [5.41, 5.74) is 8.27. The van der Waals surface area contributed by atoms with Crippen molar-refractivity contribution >= 4 is 17.4 Å². The number of aromatic nitrogens is 2. The Bertz CT molecular complexity index is 639. The number of halogens is 1. The van der Waals surface area contributed by atoms with E-state index in [-0.39, 0.29) is 0 Å². The van der Waals surface area contributed by atoms with Crippen LogP contribution in [0.5, 0.6) is 0 Å². The second-order valence-corrected chi connectivity index (χ2v) is 6.03. The van der Waals surface area contributed by atoms with Crippen LogP contribution in [0.2, 0.25) is 5.02 Å². The fourth-order valence-electron chi connectivity index (χ4n) is 2.66. The SMILES string of the molecule is Nc1c(-c2cccc(Cl)c2)nc(C2CC2)n1C1CC1. The Balaban J connectivity index is 1.86. The van der Waals surface area contributed by atoms with Crippen LogP contribution < -0.4 is 5.73 Å². The molecule has 0 atom stereocenters. The van der Waals surface area contributed by atoms with Crippen molar-refractivity contribution in [1.82, 2.24) is 9.55 Å². The lowest BCUT2D eigenvalue weighted by molar-refractivity contribution is 0.691. The molecule has 2 aliphatic rings. The Hall–Kier alpha value is -1.48. The molecule has 4 rings (SSSR count). The molecule has 1 heterocycles. The highest BCUT2D eigenvalue weighted by Gasteiger charge is 2.36. The van der Waals surface area contributed by atoms with Gasteiger partial charge in [-0.25, -0.2) is 4.98 Å². The van der Waals surface area contributed by atoms with Crippen molar-refractivity contribution in [2.75, 3.05) is 5.73 Å². The highest BCUT2D eigenvalue weighted by Crippen LogP contribution is 2.48. The summed E-state index contributed by atoms with van der Waals surface area (Å²) < 4.78 is 2.27. The zero-order valence-corrected chi connectivity index (χ0v) is 11.4. The first-order valence-electron chi connectivity index (χ1n) is 6.87. The van der Waals surface area contributed by atoms with Crippen LogP contribution in [0, 0.1) is 0 Å². The van der Waals surface area contributed by atoms with E-state index in [4.69, 9.17) is 22.3 Å². The first kappa shape index (κ1) is 11.4. The van der Waals surface area contributed by atoms with E-state index in [1.807, 2.05) is 24.3 Å². The first-order chi connectivity index (χ1) is 9.24. The van der Waals surface area contributed by atoms with E-state index in [1.54, 1.807) is 0 Å². The van der Waals surface area contributed by atoms with Crippen molar-refractivity contribution in [3.63, 3.8) is 0 Å². The molecule has 0 bridgehead atoms. The van der Waals surface area contributed by atoms with Gasteiger partial charge in [-0.3, -0.25) is 0 Å². The molecular weight excluding hydrogens is 258 g/mol. The molecule has 0 aliphatic heterocycles. The highest BCUT2D eigenvalue weighted by atomic mass is 35.5. The monoisotopic (exact) mass is 273 g/mol. The average Bonchev–Trinajstić information content (AvgIpc) is 3.28. The minimum Gasteiger partial charge on any atom is -0.383 e. The van der Waals surface area contributed by atoms with Crippen molar-refractivity contribution in [2.24, 2.45) is 0 Å². The Morgan fingerprint density at radius 3 is 2.63 bits per heavy atom. The number of nitrogens with two attached hydrogens (primary N) is 1. The summed E-state index contributed by atoms with van der Waals surface area (Å²) in [6, 6.07) is 8.37. The molecule has 0 spiro atoms. The van der Waals surface area contributed by atoms with E-state index in [2.05, 4.69) is 4.57 Å². The summed E-state index contributed by atoms with van der Waals surface area (Å²) in [6.07, 6.45) is 4.96. The van der Waals surface area contributed by atoms with E-state index in [9.17, 15) is 0 Å². The molecule has 0 amide bonds. The number of nitrogen functional groups attached to an aromatic ring is 1. The molecule has 3 nitrogen and oxygen atoms in total. The van der Waals surface area contributed by atoms with Crippen molar-refractivity contribution in [3.05, 3.63) is 35.1 Å².